The second-order valence-corrected chi connectivity index (χ2v) is 5.53. The summed E-state index contributed by atoms with van der Waals surface area (Å²) in [5.41, 5.74) is 0.663. The third kappa shape index (κ3) is 2.52. The number of nitrogens with zero attached hydrogens (tertiary/aromatic N) is 1. The van der Waals surface area contributed by atoms with Gasteiger partial charge >= 0.3 is 0 Å². The van der Waals surface area contributed by atoms with E-state index >= 15 is 0 Å². The number of rotatable bonds is 3. The van der Waals surface area contributed by atoms with Crippen molar-refractivity contribution < 1.29 is 14.3 Å². The molecule has 0 radical (unpaired) electrons. The molecule has 6 heteroatoms. The molecule has 1 N–H and O–H groups in total. The zero-order valence-corrected chi connectivity index (χ0v) is 13.2. The maximum atomic E-state index is 12.5. The fraction of sp³-hybridized carbons (Fsp3) is 0.429. The number of nitrogens with one attached hydrogen (secondary N) is 1. The van der Waals surface area contributed by atoms with Crippen molar-refractivity contribution >= 4 is 33.4 Å². The van der Waals surface area contributed by atoms with E-state index in [2.05, 4.69) is 21.2 Å². The summed E-state index contributed by atoms with van der Waals surface area (Å²) in [6.07, 6.45) is 0.571. The van der Waals surface area contributed by atoms with E-state index in [9.17, 15) is 9.59 Å². The second-order valence-electron chi connectivity index (χ2n) is 4.67. The lowest BCUT2D eigenvalue weighted by molar-refractivity contribution is -0.133. The topological polar surface area (TPSA) is 58.6 Å². The van der Waals surface area contributed by atoms with Crippen LogP contribution in [-0.2, 0) is 9.59 Å². The van der Waals surface area contributed by atoms with E-state index in [1.54, 1.807) is 26.2 Å². The van der Waals surface area contributed by atoms with Gasteiger partial charge in [-0.1, -0.05) is 6.92 Å². The van der Waals surface area contributed by atoms with E-state index in [1.807, 2.05) is 13.0 Å². The van der Waals surface area contributed by atoms with E-state index in [0.717, 1.165) is 4.47 Å². The average Bonchev–Trinajstić information content (AvgIpc) is 2.44. The molecule has 0 saturated carbocycles. The number of methoxy groups -OCH3 is 1. The van der Waals surface area contributed by atoms with Gasteiger partial charge in [0, 0.05) is 11.8 Å². The zero-order valence-electron chi connectivity index (χ0n) is 11.6. The van der Waals surface area contributed by atoms with Gasteiger partial charge < -0.3 is 10.1 Å². The molecule has 1 aromatic carbocycles. The van der Waals surface area contributed by atoms with Crippen LogP contribution in [0.5, 0.6) is 5.75 Å². The lowest BCUT2D eigenvalue weighted by Gasteiger charge is -2.37. The monoisotopic (exact) mass is 340 g/mol. The number of piperazine rings is 1. The Bertz CT molecular complexity index is 547. The fourth-order valence-electron chi connectivity index (χ4n) is 2.26. The lowest BCUT2D eigenvalue weighted by Crippen LogP contribution is -2.62. The van der Waals surface area contributed by atoms with Crippen LogP contribution in [0.2, 0.25) is 0 Å². The van der Waals surface area contributed by atoms with Crippen LogP contribution in [0.25, 0.3) is 0 Å². The number of hydrogen-bond acceptors (Lipinski definition) is 3. The Morgan fingerprint density at radius 2 is 2.10 bits per heavy atom. The van der Waals surface area contributed by atoms with Crippen molar-refractivity contribution in [2.45, 2.75) is 32.4 Å². The van der Waals surface area contributed by atoms with Crippen LogP contribution in [0, 0.1) is 0 Å². The number of halogens is 1. The summed E-state index contributed by atoms with van der Waals surface area (Å²) in [7, 11) is 1.56. The minimum atomic E-state index is -0.531. The Morgan fingerprint density at radius 3 is 2.70 bits per heavy atom. The van der Waals surface area contributed by atoms with Gasteiger partial charge in [0.15, 0.2) is 0 Å². The molecule has 0 bridgehead atoms. The predicted molar refractivity (Wildman–Crippen MR) is 79.9 cm³/mol. The Kier molecular flexibility index (Phi) is 4.32. The first-order chi connectivity index (χ1) is 9.49. The van der Waals surface area contributed by atoms with Gasteiger partial charge in [0.2, 0.25) is 11.8 Å². The molecule has 2 unspecified atom stereocenters. The number of carbonyl (C=O) groups excluding carboxylic acids is 2. The highest BCUT2D eigenvalue weighted by Crippen LogP contribution is 2.31. The van der Waals surface area contributed by atoms with Gasteiger partial charge in [0.25, 0.3) is 0 Å². The second kappa shape index (κ2) is 5.83. The first kappa shape index (κ1) is 14.8. The number of carbonyl (C=O) groups is 2. The molecule has 1 fully saturated rings. The van der Waals surface area contributed by atoms with E-state index < -0.39 is 12.1 Å². The van der Waals surface area contributed by atoms with Gasteiger partial charge in [-0.15, -0.1) is 0 Å². The molecule has 0 spiro atoms. The van der Waals surface area contributed by atoms with E-state index in [4.69, 9.17) is 4.74 Å². The summed E-state index contributed by atoms with van der Waals surface area (Å²) in [5.74, 6) is 0.392. The number of ether oxygens (including phenoxy) is 1. The summed E-state index contributed by atoms with van der Waals surface area (Å²) in [4.78, 5) is 26.0. The molecule has 108 valence electrons. The maximum absolute atomic E-state index is 12.5. The first-order valence-corrected chi connectivity index (χ1v) is 7.25. The van der Waals surface area contributed by atoms with Crippen molar-refractivity contribution in [1.29, 1.82) is 0 Å². The summed E-state index contributed by atoms with van der Waals surface area (Å²) in [6.45, 7) is 3.59. The van der Waals surface area contributed by atoms with Crippen LogP contribution in [-0.4, -0.2) is 31.0 Å². The normalized spacial score (nSPS) is 22.7. The SMILES string of the molecule is CCC1NC(=O)C(C)N(c2ccc(Br)c(OC)c2)C1=O. The van der Waals surface area contributed by atoms with Gasteiger partial charge in [-0.2, -0.15) is 0 Å². The number of amides is 2. The largest absolute Gasteiger partial charge is 0.495 e. The van der Waals surface area contributed by atoms with Crippen molar-refractivity contribution in [3.05, 3.63) is 22.7 Å². The Hall–Kier alpha value is -1.56. The molecule has 0 aliphatic carbocycles. The van der Waals surface area contributed by atoms with Crippen LogP contribution in [0.1, 0.15) is 20.3 Å². The van der Waals surface area contributed by atoms with Crippen LogP contribution in [0.4, 0.5) is 5.69 Å². The molecule has 20 heavy (non-hydrogen) atoms. The van der Waals surface area contributed by atoms with Crippen LogP contribution in [0.3, 0.4) is 0 Å². The minimum Gasteiger partial charge on any atom is -0.495 e. The summed E-state index contributed by atoms with van der Waals surface area (Å²) < 4.78 is 6.04. The minimum absolute atomic E-state index is 0.0935. The van der Waals surface area contributed by atoms with Crippen molar-refractivity contribution in [2.24, 2.45) is 0 Å². The van der Waals surface area contributed by atoms with Crippen LogP contribution < -0.4 is 15.0 Å². The van der Waals surface area contributed by atoms with Crippen molar-refractivity contribution in [3.63, 3.8) is 0 Å². The summed E-state index contributed by atoms with van der Waals surface area (Å²) in [6, 6.07) is 4.36. The number of hydrogen-bond donors (Lipinski definition) is 1. The molecule has 0 aromatic heterocycles. The molecule has 2 atom stereocenters. The molecule has 2 amide bonds. The molecule has 2 rings (SSSR count). The average molecular weight is 341 g/mol. The lowest BCUT2D eigenvalue weighted by atomic mass is 10.1. The fourth-order valence-corrected chi connectivity index (χ4v) is 2.66. The van der Waals surface area contributed by atoms with E-state index in [0.29, 0.717) is 17.9 Å². The van der Waals surface area contributed by atoms with Crippen LogP contribution in [0.15, 0.2) is 22.7 Å². The number of benzene rings is 1. The highest BCUT2D eigenvalue weighted by atomic mass is 79.9. The van der Waals surface area contributed by atoms with Gasteiger partial charge in [0.1, 0.15) is 17.8 Å². The molecule has 1 saturated heterocycles. The zero-order chi connectivity index (χ0) is 14.9. The molecule has 1 aromatic rings. The van der Waals surface area contributed by atoms with Gasteiger partial charge in [-0.05, 0) is 41.4 Å². The predicted octanol–water partition coefficient (Wildman–Crippen LogP) is 2.09. The molecule has 1 aliphatic heterocycles. The molecule has 1 heterocycles. The van der Waals surface area contributed by atoms with Gasteiger partial charge in [0.05, 0.1) is 11.6 Å². The molecule has 5 nitrogen and oxygen atoms in total. The third-order valence-corrected chi connectivity index (χ3v) is 4.10. The Morgan fingerprint density at radius 1 is 1.40 bits per heavy atom. The first-order valence-electron chi connectivity index (χ1n) is 6.46. The van der Waals surface area contributed by atoms with Crippen LogP contribution >= 0.6 is 15.9 Å². The van der Waals surface area contributed by atoms with Crippen molar-refractivity contribution in [3.8, 4) is 5.75 Å². The molecule has 1 aliphatic rings. The molecular weight excluding hydrogens is 324 g/mol. The highest BCUT2D eigenvalue weighted by molar-refractivity contribution is 9.10. The van der Waals surface area contributed by atoms with Gasteiger partial charge in [-0.25, -0.2) is 0 Å². The smallest absolute Gasteiger partial charge is 0.250 e. The Balaban J connectivity index is 2.42. The highest BCUT2D eigenvalue weighted by Gasteiger charge is 2.38. The number of anilines is 1. The summed E-state index contributed by atoms with van der Waals surface area (Å²) >= 11 is 3.37. The summed E-state index contributed by atoms with van der Waals surface area (Å²) in [5, 5.41) is 2.73. The molecular formula is C14H17BrN2O3. The van der Waals surface area contributed by atoms with Gasteiger partial charge in [-0.3, -0.25) is 14.5 Å². The third-order valence-electron chi connectivity index (χ3n) is 3.44. The van der Waals surface area contributed by atoms with E-state index in [1.165, 1.54) is 4.90 Å². The van der Waals surface area contributed by atoms with Crippen molar-refractivity contribution in [2.75, 3.05) is 12.0 Å². The Labute approximate surface area is 126 Å². The standard InChI is InChI=1S/C14H17BrN2O3/c1-4-11-14(19)17(8(2)13(18)16-11)9-5-6-10(15)12(7-9)20-3/h5-8,11H,4H2,1-3H3,(H,16,18). The maximum Gasteiger partial charge on any atom is 0.250 e. The quantitative estimate of drug-likeness (QED) is 0.916. The van der Waals surface area contributed by atoms with E-state index in [-0.39, 0.29) is 11.8 Å². The van der Waals surface area contributed by atoms with Crippen molar-refractivity contribution in [1.82, 2.24) is 5.32 Å².